The lowest BCUT2D eigenvalue weighted by molar-refractivity contribution is -0.144. The number of aliphatic carboxylic acids is 1. The van der Waals surface area contributed by atoms with E-state index in [1.165, 1.54) is 5.57 Å². The fourth-order valence-electron chi connectivity index (χ4n) is 1.63. The van der Waals surface area contributed by atoms with Crippen LogP contribution in [0.1, 0.15) is 33.1 Å². The second kappa shape index (κ2) is 3.92. The Labute approximate surface area is 78.8 Å². The summed E-state index contributed by atoms with van der Waals surface area (Å²) < 4.78 is 0. The van der Waals surface area contributed by atoms with E-state index < -0.39 is 11.5 Å². The van der Waals surface area contributed by atoms with E-state index in [0.29, 0.717) is 6.42 Å². The zero-order valence-corrected chi connectivity index (χ0v) is 8.26. The third kappa shape index (κ3) is 2.31. The van der Waals surface area contributed by atoms with E-state index >= 15 is 0 Å². The van der Waals surface area contributed by atoms with Gasteiger partial charge in [0.2, 0.25) is 0 Å². The van der Waals surface area contributed by atoms with Gasteiger partial charge in [0, 0.05) is 0 Å². The average Bonchev–Trinajstić information content (AvgIpc) is 2.50. The Kier molecular flexibility index (Phi) is 3.09. The number of carbonyl (C=O) groups is 1. The molecule has 3 nitrogen and oxygen atoms in total. The van der Waals surface area contributed by atoms with Crippen molar-refractivity contribution in [3.8, 4) is 0 Å². The van der Waals surface area contributed by atoms with Gasteiger partial charge in [-0.3, -0.25) is 4.79 Å². The molecule has 0 aliphatic carbocycles. The molecule has 13 heavy (non-hydrogen) atoms. The van der Waals surface area contributed by atoms with Crippen LogP contribution in [-0.4, -0.2) is 23.2 Å². The van der Waals surface area contributed by atoms with Gasteiger partial charge in [0.15, 0.2) is 0 Å². The lowest BCUT2D eigenvalue weighted by Gasteiger charge is -2.22. The number of carboxylic acid groups (broad SMARTS) is 1. The van der Waals surface area contributed by atoms with Crippen LogP contribution in [0, 0.1) is 0 Å². The van der Waals surface area contributed by atoms with Crippen molar-refractivity contribution in [2.45, 2.75) is 38.6 Å². The minimum Gasteiger partial charge on any atom is -0.480 e. The number of carboxylic acids is 1. The Hall–Kier alpha value is -0.830. The van der Waals surface area contributed by atoms with E-state index in [1.54, 1.807) is 0 Å². The SMILES string of the molecule is CC(C)=CC[C@]1(C(=O)O)CCCN1. The molecule has 0 unspecified atom stereocenters. The molecule has 2 N–H and O–H groups in total. The van der Waals surface area contributed by atoms with Crippen LogP contribution in [0.4, 0.5) is 0 Å². The summed E-state index contributed by atoms with van der Waals surface area (Å²) in [6.07, 6.45) is 4.30. The van der Waals surface area contributed by atoms with E-state index in [0.717, 1.165) is 19.4 Å². The predicted octanol–water partition coefficient (Wildman–Crippen LogP) is 1.55. The quantitative estimate of drug-likeness (QED) is 0.653. The maximum Gasteiger partial charge on any atom is 0.324 e. The smallest absolute Gasteiger partial charge is 0.324 e. The Morgan fingerprint density at radius 1 is 1.62 bits per heavy atom. The topological polar surface area (TPSA) is 49.3 Å². The zero-order chi connectivity index (χ0) is 9.90. The molecule has 1 heterocycles. The van der Waals surface area contributed by atoms with Gasteiger partial charge >= 0.3 is 5.97 Å². The van der Waals surface area contributed by atoms with Crippen LogP contribution in [0.2, 0.25) is 0 Å². The summed E-state index contributed by atoms with van der Waals surface area (Å²) in [5, 5.41) is 12.2. The summed E-state index contributed by atoms with van der Waals surface area (Å²) >= 11 is 0. The summed E-state index contributed by atoms with van der Waals surface area (Å²) in [7, 11) is 0. The second-order valence-corrected chi connectivity index (χ2v) is 3.90. The van der Waals surface area contributed by atoms with Gasteiger partial charge in [-0.2, -0.15) is 0 Å². The summed E-state index contributed by atoms with van der Waals surface area (Å²) in [6.45, 7) is 4.80. The highest BCUT2D eigenvalue weighted by Gasteiger charge is 2.39. The van der Waals surface area contributed by atoms with Crippen LogP contribution in [0.15, 0.2) is 11.6 Å². The second-order valence-electron chi connectivity index (χ2n) is 3.90. The van der Waals surface area contributed by atoms with E-state index in [9.17, 15) is 4.79 Å². The van der Waals surface area contributed by atoms with Crippen LogP contribution < -0.4 is 5.32 Å². The first kappa shape index (κ1) is 10.3. The molecule has 3 heteroatoms. The van der Waals surface area contributed by atoms with Gasteiger partial charge in [0.05, 0.1) is 0 Å². The number of hydrogen-bond acceptors (Lipinski definition) is 2. The largest absolute Gasteiger partial charge is 0.480 e. The van der Waals surface area contributed by atoms with Crippen LogP contribution in [0.3, 0.4) is 0 Å². The van der Waals surface area contributed by atoms with Gasteiger partial charge in [0.1, 0.15) is 5.54 Å². The molecule has 1 fully saturated rings. The molecule has 1 aliphatic heterocycles. The van der Waals surface area contributed by atoms with Gasteiger partial charge in [-0.15, -0.1) is 0 Å². The molecule has 0 aromatic carbocycles. The third-order valence-electron chi connectivity index (χ3n) is 2.51. The molecule has 0 aromatic rings. The van der Waals surface area contributed by atoms with E-state index in [-0.39, 0.29) is 0 Å². The highest BCUT2D eigenvalue weighted by atomic mass is 16.4. The number of hydrogen-bond donors (Lipinski definition) is 2. The molecule has 1 aliphatic rings. The predicted molar refractivity (Wildman–Crippen MR) is 51.7 cm³/mol. The minimum atomic E-state index is -0.720. The van der Waals surface area contributed by atoms with Crippen molar-refractivity contribution < 1.29 is 9.90 Å². The molecule has 0 saturated carbocycles. The van der Waals surface area contributed by atoms with Crippen molar-refractivity contribution in [1.82, 2.24) is 5.32 Å². The summed E-state index contributed by atoms with van der Waals surface area (Å²) in [5.41, 5.74) is 0.492. The van der Waals surface area contributed by atoms with Crippen LogP contribution in [0.25, 0.3) is 0 Å². The van der Waals surface area contributed by atoms with Crippen molar-refractivity contribution in [1.29, 1.82) is 0 Å². The van der Waals surface area contributed by atoms with Crippen LogP contribution in [0.5, 0.6) is 0 Å². The maximum atomic E-state index is 11.0. The highest BCUT2D eigenvalue weighted by Crippen LogP contribution is 2.24. The molecule has 1 saturated heterocycles. The monoisotopic (exact) mass is 183 g/mol. The first-order valence-corrected chi connectivity index (χ1v) is 4.69. The van der Waals surface area contributed by atoms with Crippen LogP contribution >= 0.6 is 0 Å². The molecule has 0 radical (unpaired) electrons. The van der Waals surface area contributed by atoms with Crippen molar-refractivity contribution in [2.24, 2.45) is 0 Å². The van der Waals surface area contributed by atoms with Gasteiger partial charge < -0.3 is 10.4 Å². The number of nitrogens with one attached hydrogen (secondary N) is 1. The summed E-state index contributed by atoms with van der Waals surface area (Å²) in [4.78, 5) is 11.0. The molecule has 1 atom stereocenters. The highest BCUT2D eigenvalue weighted by molar-refractivity contribution is 5.79. The lowest BCUT2D eigenvalue weighted by Crippen LogP contribution is -2.47. The van der Waals surface area contributed by atoms with E-state index in [1.807, 2.05) is 19.9 Å². The van der Waals surface area contributed by atoms with Gasteiger partial charge in [-0.1, -0.05) is 11.6 Å². The first-order valence-electron chi connectivity index (χ1n) is 4.69. The molecule has 0 aromatic heterocycles. The molecule has 74 valence electrons. The van der Waals surface area contributed by atoms with Gasteiger partial charge in [-0.05, 0) is 39.7 Å². The van der Waals surface area contributed by atoms with Crippen LogP contribution in [-0.2, 0) is 4.79 Å². The Morgan fingerprint density at radius 3 is 2.69 bits per heavy atom. The average molecular weight is 183 g/mol. The first-order chi connectivity index (χ1) is 6.07. The lowest BCUT2D eigenvalue weighted by atomic mass is 9.92. The number of allylic oxidation sites excluding steroid dienone is 1. The Bertz CT molecular complexity index is 223. The Balaban J connectivity index is 2.68. The molecular formula is C10H17NO2. The maximum absolute atomic E-state index is 11.0. The minimum absolute atomic E-state index is 0.602. The standard InChI is InChI=1S/C10H17NO2/c1-8(2)4-6-10(9(12)13)5-3-7-11-10/h4,11H,3,5-7H2,1-2H3,(H,12,13)/t10-/m0/s1. The van der Waals surface area contributed by atoms with E-state index in [4.69, 9.17) is 5.11 Å². The molecule has 1 rings (SSSR count). The van der Waals surface area contributed by atoms with Gasteiger partial charge in [-0.25, -0.2) is 0 Å². The number of rotatable bonds is 3. The fraction of sp³-hybridized carbons (Fsp3) is 0.700. The zero-order valence-electron chi connectivity index (χ0n) is 8.26. The summed E-state index contributed by atoms with van der Waals surface area (Å²) in [5.74, 6) is -0.720. The van der Waals surface area contributed by atoms with Crippen molar-refractivity contribution >= 4 is 5.97 Å². The third-order valence-corrected chi connectivity index (χ3v) is 2.51. The summed E-state index contributed by atoms with van der Waals surface area (Å²) in [6, 6.07) is 0. The Morgan fingerprint density at radius 2 is 2.31 bits per heavy atom. The normalized spacial score (nSPS) is 27.2. The van der Waals surface area contributed by atoms with Crippen molar-refractivity contribution in [2.75, 3.05) is 6.54 Å². The molecular weight excluding hydrogens is 166 g/mol. The van der Waals surface area contributed by atoms with Crippen molar-refractivity contribution in [3.63, 3.8) is 0 Å². The molecule has 0 amide bonds. The fourth-order valence-corrected chi connectivity index (χ4v) is 1.63. The van der Waals surface area contributed by atoms with E-state index in [2.05, 4.69) is 5.32 Å². The van der Waals surface area contributed by atoms with Crippen molar-refractivity contribution in [3.05, 3.63) is 11.6 Å². The van der Waals surface area contributed by atoms with Gasteiger partial charge in [0.25, 0.3) is 0 Å². The molecule has 0 spiro atoms. The molecule has 0 bridgehead atoms.